The summed E-state index contributed by atoms with van der Waals surface area (Å²) in [5, 5.41) is 9.98. The number of aromatic hydroxyl groups is 1. The van der Waals surface area contributed by atoms with Gasteiger partial charge in [-0.2, -0.15) is 0 Å². The molecule has 1 aromatic rings. The van der Waals surface area contributed by atoms with Gasteiger partial charge >= 0.3 is 0 Å². The van der Waals surface area contributed by atoms with E-state index in [1.165, 1.54) is 37.9 Å². The molecule has 0 spiro atoms. The number of nitrogens with zero attached hydrogens (tertiary/aromatic N) is 1. The SMILES string of the molecule is CCCN1CCC[C@H]2c3cccc(O)c3SC[C@@H]21.Cl. The van der Waals surface area contributed by atoms with Gasteiger partial charge in [0.2, 0.25) is 0 Å². The van der Waals surface area contributed by atoms with Gasteiger partial charge in [-0.3, -0.25) is 4.90 Å². The number of hydrogen-bond donors (Lipinski definition) is 1. The Balaban J connectivity index is 0.00000133. The fourth-order valence-corrected chi connectivity index (χ4v) is 4.82. The summed E-state index contributed by atoms with van der Waals surface area (Å²) in [5.41, 5.74) is 1.39. The van der Waals surface area contributed by atoms with Gasteiger partial charge in [0.25, 0.3) is 0 Å². The van der Waals surface area contributed by atoms with Crippen molar-refractivity contribution in [2.24, 2.45) is 0 Å². The lowest BCUT2D eigenvalue weighted by molar-refractivity contribution is 0.139. The van der Waals surface area contributed by atoms with Gasteiger partial charge in [-0.25, -0.2) is 0 Å². The second-order valence-electron chi connectivity index (χ2n) is 5.36. The summed E-state index contributed by atoms with van der Waals surface area (Å²) in [6.45, 7) is 4.74. The van der Waals surface area contributed by atoms with Gasteiger partial charge in [-0.1, -0.05) is 19.1 Å². The maximum Gasteiger partial charge on any atom is 0.129 e. The molecule has 0 bridgehead atoms. The topological polar surface area (TPSA) is 23.5 Å². The van der Waals surface area contributed by atoms with Gasteiger partial charge in [-0.15, -0.1) is 24.2 Å². The number of thioether (sulfide) groups is 1. The minimum Gasteiger partial charge on any atom is -0.507 e. The monoisotopic (exact) mass is 299 g/mol. The number of halogens is 1. The molecule has 2 atom stereocenters. The van der Waals surface area contributed by atoms with Crippen LogP contribution in [0.2, 0.25) is 0 Å². The molecule has 2 aliphatic rings. The van der Waals surface area contributed by atoms with E-state index in [4.69, 9.17) is 0 Å². The first-order valence-electron chi connectivity index (χ1n) is 7.00. The van der Waals surface area contributed by atoms with Crippen molar-refractivity contribution in [1.29, 1.82) is 0 Å². The molecule has 1 aromatic carbocycles. The summed E-state index contributed by atoms with van der Waals surface area (Å²) < 4.78 is 0. The van der Waals surface area contributed by atoms with Gasteiger partial charge in [0.05, 0.1) is 4.90 Å². The largest absolute Gasteiger partial charge is 0.507 e. The first kappa shape index (κ1) is 15.0. The molecule has 1 fully saturated rings. The molecule has 0 amide bonds. The Bertz CT molecular complexity index is 438. The molecule has 4 heteroatoms. The normalized spacial score (nSPS) is 26.2. The fourth-order valence-electron chi connectivity index (χ4n) is 3.44. The summed E-state index contributed by atoms with van der Waals surface area (Å²) in [6, 6.07) is 6.71. The predicted molar refractivity (Wildman–Crippen MR) is 83.7 cm³/mol. The lowest BCUT2D eigenvalue weighted by atomic mass is 9.83. The third kappa shape index (κ3) is 2.74. The molecular formula is C15H22ClNOS. The first-order valence-corrected chi connectivity index (χ1v) is 7.98. The molecule has 1 N–H and O–H groups in total. The van der Waals surface area contributed by atoms with E-state index in [2.05, 4.69) is 17.9 Å². The number of phenolic OH excluding ortho intramolecular Hbond substituents is 1. The number of piperidine rings is 1. The van der Waals surface area contributed by atoms with E-state index in [0.29, 0.717) is 17.7 Å². The average Bonchev–Trinajstić information content (AvgIpc) is 2.40. The van der Waals surface area contributed by atoms with Crippen molar-refractivity contribution in [2.45, 2.75) is 43.0 Å². The van der Waals surface area contributed by atoms with E-state index in [9.17, 15) is 5.11 Å². The van der Waals surface area contributed by atoms with Crippen LogP contribution in [0.15, 0.2) is 23.1 Å². The highest BCUT2D eigenvalue weighted by atomic mass is 35.5. The second-order valence-corrected chi connectivity index (χ2v) is 6.39. The van der Waals surface area contributed by atoms with Crippen LogP contribution in [0.1, 0.15) is 37.7 Å². The van der Waals surface area contributed by atoms with Crippen LogP contribution >= 0.6 is 24.2 Å². The average molecular weight is 300 g/mol. The summed E-state index contributed by atoms with van der Waals surface area (Å²) in [6.07, 6.45) is 3.81. The van der Waals surface area contributed by atoms with Gasteiger partial charge < -0.3 is 5.11 Å². The Hall–Kier alpha value is -0.380. The van der Waals surface area contributed by atoms with E-state index in [0.717, 1.165) is 10.6 Å². The molecule has 19 heavy (non-hydrogen) atoms. The summed E-state index contributed by atoms with van der Waals surface area (Å²) in [4.78, 5) is 3.80. The number of benzene rings is 1. The number of fused-ring (bicyclic) bond motifs is 3. The van der Waals surface area contributed by atoms with E-state index in [1.54, 1.807) is 0 Å². The Labute approximate surface area is 126 Å². The molecule has 0 saturated carbocycles. The smallest absolute Gasteiger partial charge is 0.129 e. The van der Waals surface area contributed by atoms with E-state index in [1.807, 2.05) is 23.9 Å². The second kappa shape index (κ2) is 6.38. The molecule has 0 aliphatic carbocycles. The van der Waals surface area contributed by atoms with Crippen molar-refractivity contribution in [3.63, 3.8) is 0 Å². The first-order chi connectivity index (χ1) is 8.81. The van der Waals surface area contributed by atoms with Gasteiger partial charge in [0, 0.05) is 17.7 Å². The molecule has 2 nitrogen and oxygen atoms in total. The minimum atomic E-state index is 0. The Morgan fingerprint density at radius 1 is 1.42 bits per heavy atom. The van der Waals surface area contributed by atoms with Crippen LogP contribution in [0.25, 0.3) is 0 Å². The van der Waals surface area contributed by atoms with Crippen LogP contribution in [0.3, 0.4) is 0 Å². The van der Waals surface area contributed by atoms with Gasteiger partial charge in [-0.05, 0) is 44.0 Å². The fraction of sp³-hybridized carbons (Fsp3) is 0.600. The summed E-state index contributed by atoms with van der Waals surface area (Å²) in [5.74, 6) is 2.24. The van der Waals surface area contributed by atoms with Crippen LogP contribution in [-0.2, 0) is 0 Å². The highest BCUT2D eigenvalue weighted by Gasteiger charge is 2.36. The highest BCUT2D eigenvalue weighted by molar-refractivity contribution is 7.99. The van der Waals surface area contributed by atoms with Crippen molar-refractivity contribution in [2.75, 3.05) is 18.8 Å². The zero-order valence-electron chi connectivity index (χ0n) is 11.3. The quantitative estimate of drug-likeness (QED) is 0.896. The number of phenols is 1. The van der Waals surface area contributed by atoms with Crippen molar-refractivity contribution in [3.05, 3.63) is 23.8 Å². The van der Waals surface area contributed by atoms with Crippen molar-refractivity contribution >= 4 is 24.2 Å². The number of rotatable bonds is 2. The molecule has 106 valence electrons. The Morgan fingerprint density at radius 3 is 3.05 bits per heavy atom. The van der Waals surface area contributed by atoms with Gasteiger partial charge in [0.1, 0.15) is 5.75 Å². The van der Waals surface area contributed by atoms with Gasteiger partial charge in [0.15, 0.2) is 0 Å². The lowest BCUT2D eigenvalue weighted by Crippen LogP contribution is -2.47. The molecule has 2 heterocycles. The standard InChI is InChI=1S/C15H21NOS.ClH/c1-2-8-16-9-4-6-11-12-5-3-7-14(17)15(12)18-10-13(11)16;/h3,5,7,11,13,17H,2,4,6,8-10H2,1H3;1H/t11-,13-;/m0./s1. The predicted octanol–water partition coefficient (Wildman–Crippen LogP) is 3.88. The molecule has 1 saturated heterocycles. The van der Waals surface area contributed by atoms with Crippen LogP contribution < -0.4 is 0 Å². The lowest BCUT2D eigenvalue weighted by Gasteiger charge is -2.44. The van der Waals surface area contributed by atoms with Crippen molar-refractivity contribution in [3.8, 4) is 5.75 Å². The summed E-state index contributed by atoms with van der Waals surface area (Å²) in [7, 11) is 0. The molecule has 3 rings (SSSR count). The third-order valence-corrected chi connectivity index (χ3v) is 5.47. The molecular weight excluding hydrogens is 278 g/mol. The maximum absolute atomic E-state index is 9.98. The third-order valence-electron chi connectivity index (χ3n) is 4.23. The number of hydrogen-bond acceptors (Lipinski definition) is 3. The van der Waals surface area contributed by atoms with E-state index >= 15 is 0 Å². The zero-order chi connectivity index (χ0) is 12.5. The van der Waals surface area contributed by atoms with Crippen LogP contribution in [-0.4, -0.2) is 34.9 Å². The Morgan fingerprint density at radius 2 is 2.26 bits per heavy atom. The molecule has 0 unspecified atom stereocenters. The van der Waals surface area contributed by atoms with Crippen molar-refractivity contribution in [1.82, 2.24) is 4.90 Å². The molecule has 2 aliphatic heterocycles. The number of likely N-dealkylation sites (tertiary alicyclic amines) is 1. The Kier molecular flexibility index (Phi) is 5.04. The van der Waals surface area contributed by atoms with Crippen LogP contribution in [0, 0.1) is 0 Å². The highest BCUT2D eigenvalue weighted by Crippen LogP contribution is 2.47. The zero-order valence-corrected chi connectivity index (χ0v) is 13.0. The van der Waals surface area contributed by atoms with Crippen molar-refractivity contribution < 1.29 is 5.11 Å². The van der Waals surface area contributed by atoms with E-state index in [-0.39, 0.29) is 12.4 Å². The van der Waals surface area contributed by atoms with Crippen LogP contribution in [0.5, 0.6) is 5.75 Å². The minimum absolute atomic E-state index is 0. The maximum atomic E-state index is 9.98. The van der Waals surface area contributed by atoms with E-state index < -0.39 is 0 Å². The molecule has 0 radical (unpaired) electrons. The molecule has 0 aromatic heterocycles. The van der Waals surface area contributed by atoms with Crippen LogP contribution in [0.4, 0.5) is 0 Å². The summed E-state index contributed by atoms with van der Waals surface area (Å²) >= 11 is 1.84.